The first kappa shape index (κ1) is 11.1. The van der Waals surface area contributed by atoms with Crippen LogP contribution < -0.4 is 5.73 Å². The Bertz CT molecular complexity index is 406. The first-order valence-corrected chi connectivity index (χ1v) is 5.77. The summed E-state index contributed by atoms with van der Waals surface area (Å²) < 4.78 is 1.86. The molecule has 4 nitrogen and oxygen atoms in total. The number of ketones is 1. The van der Waals surface area contributed by atoms with Gasteiger partial charge in [0.15, 0.2) is 0 Å². The molecule has 0 spiro atoms. The van der Waals surface area contributed by atoms with E-state index in [9.17, 15) is 4.79 Å². The molecule has 0 atom stereocenters. The van der Waals surface area contributed by atoms with Crippen LogP contribution in [0, 0.1) is 0 Å². The highest BCUT2D eigenvalue weighted by atomic mass is 16.1. The molecule has 4 heteroatoms. The normalized spacial score (nSPS) is 15.9. The molecular weight excluding hydrogens is 202 g/mol. The van der Waals surface area contributed by atoms with Crippen molar-refractivity contribution in [3.63, 3.8) is 0 Å². The molecule has 0 aliphatic heterocycles. The minimum atomic E-state index is 0.0791. The van der Waals surface area contributed by atoms with Crippen molar-refractivity contribution in [1.82, 2.24) is 9.55 Å². The largest absolute Gasteiger partial charge is 0.335 e. The molecule has 86 valence electrons. The van der Waals surface area contributed by atoms with Crippen molar-refractivity contribution in [3.05, 3.63) is 29.9 Å². The number of carbonyl (C=O) groups is 1. The molecule has 0 bridgehead atoms. The lowest BCUT2D eigenvalue weighted by Crippen LogP contribution is -2.09. The summed E-state index contributed by atoms with van der Waals surface area (Å²) >= 11 is 0. The highest BCUT2D eigenvalue weighted by molar-refractivity contribution is 6.07. The van der Waals surface area contributed by atoms with E-state index in [1.165, 1.54) is 6.42 Å². The Labute approximate surface area is 95.2 Å². The van der Waals surface area contributed by atoms with Crippen LogP contribution in [0.1, 0.15) is 36.2 Å². The number of Topliss-reactive ketones (excluding diaryl/α,β-unsaturated/α-hetero) is 1. The second-order valence-corrected chi connectivity index (χ2v) is 4.09. The number of allylic oxidation sites excluding steroid dienone is 2. The molecule has 0 aromatic carbocycles. The van der Waals surface area contributed by atoms with E-state index in [2.05, 4.69) is 4.98 Å². The third-order valence-corrected chi connectivity index (χ3v) is 2.84. The predicted octanol–water partition coefficient (Wildman–Crippen LogP) is 1.52. The van der Waals surface area contributed by atoms with Gasteiger partial charge in [-0.2, -0.15) is 0 Å². The van der Waals surface area contributed by atoms with Gasteiger partial charge in [-0.25, -0.2) is 4.98 Å². The maximum atomic E-state index is 12.0. The van der Waals surface area contributed by atoms with Crippen molar-refractivity contribution < 1.29 is 4.79 Å². The monoisotopic (exact) mass is 219 g/mol. The lowest BCUT2D eigenvalue weighted by atomic mass is 9.95. The van der Waals surface area contributed by atoms with Crippen molar-refractivity contribution >= 4 is 5.78 Å². The molecule has 16 heavy (non-hydrogen) atoms. The minimum absolute atomic E-state index is 0.0791. The van der Waals surface area contributed by atoms with Crippen LogP contribution >= 0.6 is 0 Å². The second-order valence-electron chi connectivity index (χ2n) is 4.09. The van der Waals surface area contributed by atoms with E-state index < -0.39 is 0 Å². The summed E-state index contributed by atoms with van der Waals surface area (Å²) in [6.45, 7) is 1.27. The van der Waals surface area contributed by atoms with E-state index in [1.54, 1.807) is 12.5 Å². The van der Waals surface area contributed by atoms with Crippen molar-refractivity contribution in [2.75, 3.05) is 6.54 Å². The highest BCUT2D eigenvalue weighted by Gasteiger charge is 2.16. The van der Waals surface area contributed by atoms with Crippen molar-refractivity contribution in [2.24, 2.45) is 5.73 Å². The number of nitrogens with zero attached hydrogens (tertiary/aromatic N) is 2. The molecule has 0 unspecified atom stereocenters. The summed E-state index contributed by atoms with van der Waals surface area (Å²) in [4.78, 5) is 16.2. The number of aromatic nitrogens is 2. The maximum absolute atomic E-state index is 12.0. The smallest absolute Gasteiger partial charge is 0.208 e. The fourth-order valence-electron chi connectivity index (χ4n) is 1.96. The summed E-state index contributed by atoms with van der Waals surface area (Å²) in [5.41, 5.74) is 6.91. The Balaban J connectivity index is 2.10. The van der Waals surface area contributed by atoms with Gasteiger partial charge in [-0.05, 0) is 31.3 Å². The maximum Gasteiger partial charge on any atom is 0.208 e. The third kappa shape index (κ3) is 2.39. The van der Waals surface area contributed by atoms with Crippen LogP contribution in [0.4, 0.5) is 0 Å². The molecule has 1 aliphatic rings. The average molecular weight is 219 g/mol. The van der Waals surface area contributed by atoms with Gasteiger partial charge in [0.2, 0.25) is 5.78 Å². The highest BCUT2D eigenvalue weighted by Crippen LogP contribution is 2.20. The number of hydrogen-bond donors (Lipinski definition) is 1. The first-order chi connectivity index (χ1) is 7.81. The van der Waals surface area contributed by atoms with Crippen molar-refractivity contribution in [3.8, 4) is 0 Å². The number of hydrogen-bond acceptors (Lipinski definition) is 3. The van der Waals surface area contributed by atoms with Gasteiger partial charge >= 0.3 is 0 Å². The zero-order valence-corrected chi connectivity index (χ0v) is 9.35. The van der Waals surface area contributed by atoms with E-state index in [0.29, 0.717) is 18.8 Å². The van der Waals surface area contributed by atoms with Crippen LogP contribution in [-0.4, -0.2) is 21.9 Å². The Hall–Kier alpha value is -1.42. The molecule has 0 fully saturated rings. The number of carbonyl (C=O) groups excluding carboxylic acids is 1. The third-order valence-electron chi connectivity index (χ3n) is 2.84. The minimum Gasteiger partial charge on any atom is -0.335 e. The van der Waals surface area contributed by atoms with E-state index in [4.69, 9.17) is 5.73 Å². The standard InChI is InChI=1S/C12H17N3O/c13-6-7-15-8-11(14-9-15)12(16)10-4-2-1-3-5-10/h4,8-9H,1-3,5-7,13H2. The van der Waals surface area contributed by atoms with Gasteiger partial charge < -0.3 is 10.3 Å². The van der Waals surface area contributed by atoms with Gasteiger partial charge in [0.25, 0.3) is 0 Å². The molecule has 0 amide bonds. The van der Waals surface area contributed by atoms with E-state index in [-0.39, 0.29) is 5.78 Å². The van der Waals surface area contributed by atoms with Crippen LogP contribution in [0.25, 0.3) is 0 Å². The van der Waals surface area contributed by atoms with Crippen molar-refractivity contribution in [2.45, 2.75) is 32.2 Å². The van der Waals surface area contributed by atoms with E-state index in [1.807, 2.05) is 10.6 Å². The first-order valence-electron chi connectivity index (χ1n) is 5.77. The molecule has 1 aromatic heterocycles. The Morgan fingerprint density at radius 3 is 3.06 bits per heavy atom. The number of rotatable bonds is 4. The lowest BCUT2D eigenvalue weighted by molar-refractivity contribution is 0.102. The van der Waals surface area contributed by atoms with Crippen LogP contribution in [0.15, 0.2) is 24.2 Å². The lowest BCUT2D eigenvalue weighted by Gasteiger charge is -2.09. The van der Waals surface area contributed by atoms with Crippen LogP contribution in [0.5, 0.6) is 0 Å². The molecule has 1 heterocycles. The molecule has 0 radical (unpaired) electrons. The van der Waals surface area contributed by atoms with Crippen molar-refractivity contribution in [1.29, 1.82) is 0 Å². The molecule has 1 aromatic rings. The van der Waals surface area contributed by atoms with E-state index in [0.717, 1.165) is 24.8 Å². The quantitative estimate of drug-likeness (QED) is 0.781. The predicted molar refractivity (Wildman–Crippen MR) is 62.2 cm³/mol. The summed E-state index contributed by atoms with van der Waals surface area (Å²) in [5, 5.41) is 0. The zero-order valence-electron chi connectivity index (χ0n) is 9.35. The van der Waals surface area contributed by atoms with Gasteiger partial charge in [-0.1, -0.05) is 6.08 Å². The zero-order chi connectivity index (χ0) is 11.4. The fourth-order valence-corrected chi connectivity index (χ4v) is 1.96. The summed E-state index contributed by atoms with van der Waals surface area (Å²) in [6, 6.07) is 0. The van der Waals surface area contributed by atoms with Gasteiger partial charge in [-0.15, -0.1) is 0 Å². The molecule has 0 saturated heterocycles. The number of nitrogens with two attached hydrogens (primary N) is 1. The molecule has 2 rings (SSSR count). The molecule has 2 N–H and O–H groups in total. The van der Waals surface area contributed by atoms with Crippen LogP contribution in [0.3, 0.4) is 0 Å². The Morgan fingerprint density at radius 2 is 2.38 bits per heavy atom. The summed E-state index contributed by atoms with van der Waals surface area (Å²) in [5.74, 6) is 0.0791. The second kappa shape index (κ2) is 5.07. The number of imidazole rings is 1. The SMILES string of the molecule is NCCn1cnc(C(=O)C2=CCCCC2)c1. The summed E-state index contributed by atoms with van der Waals surface area (Å²) in [6.07, 6.45) is 9.72. The summed E-state index contributed by atoms with van der Waals surface area (Å²) in [7, 11) is 0. The van der Waals surface area contributed by atoms with Gasteiger partial charge in [0.1, 0.15) is 5.69 Å². The Morgan fingerprint density at radius 1 is 1.50 bits per heavy atom. The van der Waals surface area contributed by atoms with Crippen LogP contribution in [0.2, 0.25) is 0 Å². The molecular formula is C12H17N3O. The average Bonchev–Trinajstić information content (AvgIpc) is 2.78. The Kier molecular flexibility index (Phi) is 3.51. The van der Waals surface area contributed by atoms with Gasteiger partial charge in [0, 0.05) is 19.3 Å². The van der Waals surface area contributed by atoms with Gasteiger partial charge in [0.05, 0.1) is 6.33 Å². The van der Waals surface area contributed by atoms with E-state index >= 15 is 0 Å². The fraction of sp³-hybridized carbons (Fsp3) is 0.500. The molecule has 1 aliphatic carbocycles. The van der Waals surface area contributed by atoms with Gasteiger partial charge in [-0.3, -0.25) is 4.79 Å². The van der Waals surface area contributed by atoms with Crippen LogP contribution in [-0.2, 0) is 6.54 Å². The topological polar surface area (TPSA) is 60.9 Å². The molecule has 0 saturated carbocycles.